The highest BCUT2D eigenvalue weighted by Crippen LogP contribution is 2.16. The summed E-state index contributed by atoms with van der Waals surface area (Å²) in [5.41, 5.74) is 3.05. The lowest BCUT2D eigenvalue weighted by Gasteiger charge is -2.28. The number of hydrogen-bond donors (Lipinski definition) is 1. The van der Waals surface area contributed by atoms with Gasteiger partial charge < -0.3 is 10.2 Å². The summed E-state index contributed by atoms with van der Waals surface area (Å²) in [6, 6.07) is 15.1. The Kier molecular flexibility index (Phi) is 6.76. The molecule has 0 saturated heterocycles. The predicted octanol–water partition coefficient (Wildman–Crippen LogP) is 3.46. The third kappa shape index (κ3) is 5.43. The number of nitrogens with one attached hydrogen (secondary N) is 1. The molecule has 5 heteroatoms. The molecule has 0 aliphatic heterocycles. The van der Waals surface area contributed by atoms with Crippen LogP contribution in [-0.4, -0.2) is 29.8 Å². The lowest BCUT2D eigenvalue weighted by Crippen LogP contribution is -2.47. The van der Waals surface area contributed by atoms with Crippen LogP contribution in [0.25, 0.3) is 0 Å². The molecule has 0 aliphatic carbocycles. The number of hydrogen-bond acceptors (Lipinski definition) is 2. The second kappa shape index (κ2) is 8.81. The monoisotopic (exact) mass is 402 g/mol. The van der Waals surface area contributed by atoms with Crippen molar-refractivity contribution in [3.8, 4) is 0 Å². The Morgan fingerprint density at radius 1 is 1.12 bits per heavy atom. The number of aryl methyl sites for hydroxylation is 1. The van der Waals surface area contributed by atoms with Crippen LogP contribution in [0.15, 0.2) is 53.0 Å². The molecule has 0 aromatic heterocycles. The maximum atomic E-state index is 12.9. The van der Waals surface area contributed by atoms with E-state index in [4.69, 9.17) is 0 Å². The first-order chi connectivity index (χ1) is 11.9. The fraction of sp³-hybridized carbons (Fsp3) is 0.300. The van der Waals surface area contributed by atoms with Gasteiger partial charge in [-0.1, -0.05) is 57.9 Å². The smallest absolute Gasteiger partial charge is 0.242 e. The van der Waals surface area contributed by atoms with Crippen molar-refractivity contribution < 1.29 is 9.59 Å². The van der Waals surface area contributed by atoms with Gasteiger partial charge in [-0.25, -0.2) is 0 Å². The first kappa shape index (κ1) is 19.2. The van der Waals surface area contributed by atoms with Crippen molar-refractivity contribution >= 4 is 27.7 Å². The molecule has 25 heavy (non-hydrogen) atoms. The lowest BCUT2D eigenvalue weighted by atomic mass is 10.1. The molecule has 0 radical (unpaired) electrons. The molecule has 2 rings (SSSR count). The second-order valence-corrected chi connectivity index (χ2v) is 7.02. The molecule has 0 bridgehead atoms. The molecular weight excluding hydrogens is 380 g/mol. The van der Waals surface area contributed by atoms with Gasteiger partial charge in [0.15, 0.2) is 0 Å². The molecule has 1 N–H and O–H groups in total. The first-order valence-corrected chi connectivity index (χ1v) is 9.01. The number of amides is 2. The summed E-state index contributed by atoms with van der Waals surface area (Å²) < 4.78 is 0.980. The zero-order valence-corrected chi connectivity index (χ0v) is 16.3. The van der Waals surface area contributed by atoms with Gasteiger partial charge in [0.25, 0.3) is 0 Å². The van der Waals surface area contributed by atoms with Crippen LogP contribution in [0, 0.1) is 6.92 Å². The van der Waals surface area contributed by atoms with Crippen molar-refractivity contribution in [1.29, 1.82) is 0 Å². The lowest BCUT2D eigenvalue weighted by molar-refractivity contribution is -0.139. The predicted molar refractivity (Wildman–Crippen MR) is 103 cm³/mol. The minimum atomic E-state index is -0.536. The summed E-state index contributed by atoms with van der Waals surface area (Å²) in [7, 11) is 1.58. The van der Waals surface area contributed by atoms with Gasteiger partial charge in [0, 0.05) is 18.1 Å². The molecule has 1 unspecified atom stereocenters. The fourth-order valence-electron chi connectivity index (χ4n) is 2.68. The zero-order chi connectivity index (χ0) is 18.4. The Morgan fingerprint density at radius 2 is 1.80 bits per heavy atom. The average Bonchev–Trinajstić information content (AvgIpc) is 2.59. The van der Waals surface area contributed by atoms with Gasteiger partial charge in [0.05, 0.1) is 6.42 Å². The number of rotatable bonds is 6. The van der Waals surface area contributed by atoms with Crippen LogP contribution in [0.3, 0.4) is 0 Å². The van der Waals surface area contributed by atoms with E-state index in [1.165, 1.54) is 0 Å². The number of benzene rings is 2. The molecule has 4 nitrogen and oxygen atoms in total. The Labute approximate surface area is 157 Å². The van der Waals surface area contributed by atoms with E-state index in [2.05, 4.69) is 21.2 Å². The minimum Gasteiger partial charge on any atom is -0.357 e. The standard InChI is InChI=1S/C20H23BrN2O2/c1-14-5-4-6-17(11-14)12-19(24)23(15(2)20(25)22-3)13-16-7-9-18(21)10-8-16/h4-11,15H,12-13H2,1-3H3,(H,22,25). The summed E-state index contributed by atoms with van der Waals surface area (Å²) in [5, 5.41) is 2.63. The van der Waals surface area contributed by atoms with E-state index in [9.17, 15) is 9.59 Å². The zero-order valence-electron chi connectivity index (χ0n) is 14.8. The van der Waals surface area contributed by atoms with Crippen LogP contribution >= 0.6 is 15.9 Å². The van der Waals surface area contributed by atoms with Crippen LogP contribution < -0.4 is 5.32 Å². The first-order valence-electron chi connectivity index (χ1n) is 8.21. The van der Waals surface area contributed by atoms with Gasteiger partial charge in [-0.2, -0.15) is 0 Å². The average molecular weight is 403 g/mol. The number of likely N-dealkylation sites (N-methyl/N-ethyl adjacent to an activating group) is 1. The van der Waals surface area contributed by atoms with Crippen LogP contribution in [-0.2, 0) is 22.6 Å². The molecule has 132 valence electrons. The Hall–Kier alpha value is -2.14. The summed E-state index contributed by atoms with van der Waals surface area (Å²) in [6.07, 6.45) is 0.277. The van der Waals surface area contributed by atoms with Gasteiger partial charge in [0.2, 0.25) is 11.8 Å². The molecule has 0 aliphatic rings. The Bertz CT molecular complexity index is 744. The van der Waals surface area contributed by atoms with Crippen molar-refractivity contribution in [3.05, 3.63) is 69.7 Å². The number of carbonyl (C=O) groups excluding carboxylic acids is 2. The fourth-order valence-corrected chi connectivity index (χ4v) is 2.94. The van der Waals surface area contributed by atoms with Crippen molar-refractivity contribution in [2.45, 2.75) is 32.9 Å². The number of nitrogens with zero attached hydrogens (tertiary/aromatic N) is 1. The highest BCUT2D eigenvalue weighted by molar-refractivity contribution is 9.10. The third-order valence-electron chi connectivity index (χ3n) is 4.12. The van der Waals surface area contributed by atoms with Gasteiger partial charge in [-0.15, -0.1) is 0 Å². The SMILES string of the molecule is CNC(=O)C(C)N(Cc1ccc(Br)cc1)C(=O)Cc1cccc(C)c1. The molecule has 1 atom stereocenters. The van der Waals surface area contributed by atoms with E-state index in [0.717, 1.165) is 21.2 Å². The van der Waals surface area contributed by atoms with E-state index in [1.807, 2.05) is 55.5 Å². The molecular formula is C20H23BrN2O2. The number of carbonyl (C=O) groups is 2. The maximum absolute atomic E-state index is 12.9. The van der Waals surface area contributed by atoms with E-state index in [1.54, 1.807) is 18.9 Å². The minimum absolute atomic E-state index is 0.0652. The number of halogens is 1. The Morgan fingerprint density at radius 3 is 2.40 bits per heavy atom. The molecule has 2 aromatic rings. The van der Waals surface area contributed by atoms with Crippen LogP contribution in [0.1, 0.15) is 23.6 Å². The Balaban J connectivity index is 2.21. The van der Waals surface area contributed by atoms with Crippen molar-refractivity contribution in [1.82, 2.24) is 10.2 Å². The summed E-state index contributed by atoms with van der Waals surface area (Å²) >= 11 is 3.41. The normalized spacial score (nSPS) is 11.7. The summed E-state index contributed by atoms with van der Waals surface area (Å²) in [4.78, 5) is 26.6. The van der Waals surface area contributed by atoms with E-state index in [-0.39, 0.29) is 18.2 Å². The van der Waals surface area contributed by atoms with Crippen LogP contribution in [0.4, 0.5) is 0 Å². The third-order valence-corrected chi connectivity index (χ3v) is 4.65. The van der Waals surface area contributed by atoms with Crippen molar-refractivity contribution in [3.63, 3.8) is 0 Å². The van der Waals surface area contributed by atoms with Crippen molar-refractivity contribution in [2.24, 2.45) is 0 Å². The van der Waals surface area contributed by atoms with E-state index in [0.29, 0.717) is 6.54 Å². The van der Waals surface area contributed by atoms with Crippen molar-refractivity contribution in [2.75, 3.05) is 7.05 Å². The summed E-state index contributed by atoms with van der Waals surface area (Å²) in [5.74, 6) is -0.237. The molecule has 2 amide bonds. The van der Waals surface area contributed by atoms with Gasteiger partial charge >= 0.3 is 0 Å². The van der Waals surface area contributed by atoms with E-state index >= 15 is 0 Å². The molecule has 0 fully saturated rings. The highest BCUT2D eigenvalue weighted by Gasteiger charge is 2.25. The molecule has 2 aromatic carbocycles. The quantitative estimate of drug-likeness (QED) is 0.803. The topological polar surface area (TPSA) is 49.4 Å². The molecule has 0 heterocycles. The molecule has 0 saturated carbocycles. The summed E-state index contributed by atoms with van der Waals surface area (Å²) in [6.45, 7) is 4.15. The maximum Gasteiger partial charge on any atom is 0.242 e. The van der Waals surface area contributed by atoms with Gasteiger partial charge in [-0.05, 0) is 37.1 Å². The second-order valence-electron chi connectivity index (χ2n) is 6.10. The largest absolute Gasteiger partial charge is 0.357 e. The van der Waals surface area contributed by atoms with Gasteiger partial charge in [0.1, 0.15) is 6.04 Å². The highest BCUT2D eigenvalue weighted by atomic mass is 79.9. The molecule has 0 spiro atoms. The van der Waals surface area contributed by atoms with Gasteiger partial charge in [-0.3, -0.25) is 9.59 Å². The van der Waals surface area contributed by atoms with Crippen LogP contribution in [0.5, 0.6) is 0 Å². The van der Waals surface area contributed by atoms with E-state index < -0.39 is 6.04 Å². The van der Waals surface area contributed by atoms with Crippen LogP contribution in [0.2, 0.25) is 0 Å².